The van der Waals surface area contributed by atoms with Gasteiger partial charge in [0.2, 0.25) is 0 Å². The summed E-state index contributed by atoms with van der Waals surface area (Å²) in [4.78, 5) is 0.0559. The van der Waals surface area contributed by atoms with Gasteiger partial charge in [-0.3, -0.25) is 4.72 Å². The standard InChI is InChI=1S/C19H17FN2O2S/c1-14-13-15(20)7-12-19(14)25(23,24)22-18-10-8-17(9-11-18)21-16-5-3-2-4-6-16/h2-13,21-22H,1H3. The molecule has 0 amide bonds. The number of aryl methyl sites for hydroxylation is 1. The summed E-state index contributed by atoms with van der Waals surface area (Å²) in [5.74, 6) is -0.465. The molecular formula is C19H17FN2O2S. The summed E-state index contributed by atoms with van der Waals surface area (Å²) < 4.78 is 40.6. The Kier molecular flexibility index (Phi) is 4.72. The van der Waals surface area contributed by atoms with E-state index >= 15 is 0 Å². The molecule has 0 atom stereocenters. The van der Waals surface area contributed by atoms with Gasteiger partial charge in [-0.2, -0.15) is 0 Å². The molecule has 3 aromatic rings. The minimum absolute atomic E-state index is 0.0559. The van der Waals surface area contributed by atoms with E-state index in [2.05, 4.69) is 10.0 Å². The van der Waals surface area contributed by atoms with Crippen LogP contribution in [0, 0.1) is 12.7 Å². The van der Waals surface area contributed by atoms with Crippen molar-refractivity contribution in [1.29, 1.82) is 0 Å². The van der Waals surface area contributed by atoms with E-state index in [1.165, 1.54) is 12.1 Å². The highest BCUT2D eigenvalue weighted by molar-refractivity contribution is 7.92. The number of nitrogens with one attached hydrogen (secondary N) is 2. The zero-order chi connectivity index (χ0) is 17.9. The fraction of sp³-hybridized carbons (Fsp3) is 0.0526. The highest BCUT2D eigenvalue weighted by Crippen LogP contribution is 2.22. The zero-order valence-electron chi connectivity index (χ0n) is 13.5. The van der Waals surface area contributed by atoms with E-state index < -0.39 is 15.8 Å². The molecule has 0 aliphatic carbocycles. The Bertz CT molecular complexity index is 972. The topological polar surface area (TPSA) is 58.2 Å². The molecule has 0 heterocycles. The maximum atomic E-state index is 13.2. The highest BCUT2D eigenvalue weighted by Gasteiger charge is 2.17. The molecule has 0 aliphatic heterocycles. The summed E-state index contributed by atoms with van der Waals surface area (Å²) in [5.41, 5.74) is 2.57. The Labute approximate surface area is 146 Å². The summed E-state index contributed by atoms with van der Waals surface area (Å²) >= 11 is 0. The first-order valence-electron chi connectivity index (χ1n) is 7.65. The van der Waals surface area contributed by atoms with Crippen molar-refractivity contribution >= 4 is 27.1 Å². The Hall–Kier alpha value is -2.86. The third-order valence-electron chi connectivity index (χ3n) is 3.63. The van der Waals surface area contributed by atoms with E-state index in [0.717, 1.165) is 17.4 Å². The van der Waals surface area contributed by atoms with E-state index in [1.807, 2.05) is 30.3 Å². The number of hydrogen-bond acceptors (Lipinski definition) is 3. The van der Waals surface area contributed by atoms with E-state index in [1.54, 1.807) is 31.2 Å². The van der Waals surface area contributed by atoms with Crippen LogP contribution in [0.3, 0.4) is 0 Å². The van der Waals surface area contributed by atoms with E-state index in [4.69, 9.17) is 0 Å². The molecule has 0 aliphatic rings. The molecule has 0 bridgehead atoms. The summed E-state index contributed by atoms with van der Waals surface area (Å²) in [6, 6.07) is 20.1. The molecule has 3 aromatic carbocycles. The van der Waals surface area contributed by atoms with Gasteiger partial charge in [0, 0.05) is 17.1 Å². The van der Waals surface area contributed by atoms with Crippen LogP contribution in [0.1, 0.15) is 5.56 Å². The first-order valence-corrected chi connectivity index (χ1v) is 9.13. The lowest BCUT2D eigenvalue weighted by atomic mass is 10.2. The quantitative estimate of drug-likeness (QED) is 0.698. The molecule has 6 heteroatoms. The second-order valence-electron chi connectivity index (χ2n) is 5.58. The Morgan fingerprint density at radius 3 is 2.04 bits per heavy atom. The van der Waals surface area contributed by atoms with Gasteiger partial charge in [0.1, 0.15) is 5.82 Å². The second-order valence-corrected chi connectivity index (χ2v) is 7.23. The van der Waals surface area contributed by atoms with Gasteiger partial charge in [0.15, 0.2) is 0 Å². The van der Waals surface area contributed by atoms with Gasteiger partial charge in [-0.25, -0.2) is 12.8 Å². The van der Waals surface area contributed by atoms with Gasteiger partial charge < -0.3 is 5.32 Å². The van der Waals surface area contributed by atoms with E-state index in [-0.39, 0.29) is 4.90 Å². The van der Waals surface area contributed by atoms with Gasteiger partial charge in [0.05, 0.1) is 4.90 Å². The van der Waals surface area contributed by atoms with Crippen LogP contribution in [0.25, 0.3) is 0 Å². The summed E-state index contributed by atoms with van der Waals surface area (Å²) in [6.07, 6.45) is 0. The maximum Gasteiger partial charge on any atom is 0.262 e. The average molecular weight is 356 g/mol. The van der Waals surface area contributed by atoms with Crippen LogP contribution in [0.5, 0.6) is 0 Å². The zero-order valence-corrected chi connectivity index (χ0v) is 14.3. The molecule has 0 unspecified atom stereocenters. The van der Waals surface area contributed by atoms with Gasteiger partial charge in [0.25, 0.3) is 10.0 Å². The Morgan fingerprint density at radius 2 is 1.40 bits per heavy atom. The molecule has 0 saturated heterocycles. The maximum absolute atomic E-state index is 13.2. The van der Waals surface area contributed by atoms with Crippen LogP contribution in [0.4, 0.5) is 21.5 Å². The van der Waals surface area contributed by atoms with Crippen molar-refractivity contribution in [2.45, 2.75) is 11.8 Å². The predicted octanol–water partition coefficient (Wildman–Crippen LogP) is 4.68. The normalized spacial score (nSPS) is 11.1. The molecule has 0 fully saturated rings. The van der Waals surface area contributed by atoms with Crippen LogP contribution in [-0.2, 0) is 10.0 Å². The highest BCUT2D eigenvalue weighted by atomic mass is 32.2. The Morgan fingerprint density at radius 1 is 0.800 bits per heavy atom. The van der Waals surface area contributed by atoms with Crippen molar-refractivity contribution in [3.63, 3.8) is 0 Å². The minimum atomic E-state index is -3.77. The van der Waals surface area contributed by atoms with Crippen molar-refractivity contribution in [3.05, 3.63) is 84.2 Å². The lowest BCUT2D eigenvalue weighted by molar-refractivity contribution is 0.598. The van der Waals surface area contributed by atoms with Crippen molar-refractivity contribution in [2.75, 3.05) is 10.0 Å². The molecule has 0 saturated carbocycles. The van der Waals surface area contributed by atoms with Crippen molar-refractivity contribution < 1.29 is 12.8 Å². The lowest BCUT2D eigenvalue weighted by Gasteiger charge is -2.11. The third-order valence-corrected chi connectivity index (χ3v) is 5.17. The smallest absolute Gasteiger partial charge is 0.262 e. The van der Waals surface area contributed by atoms with Gasteiger partial charge >= 0.3 is 0 Å². The number of halogens is 1. The van der Waals surface area contributed by atoms with E-state index in [9.17, 15) is 12.8 Å². The largest absolute Gasteiger partial charge is 0.356 e. The van der Waals surface area contributed by atoms with Gasteiger partial charge in [-0.05, 0) is 67.1 Å². The molecule has 25 heavy (non-hydrogen) atoms. The number of anilines is 3. The van der Waals surface area contributed by atoms with Crippen LogP contribution >= 0.6 is 0 Å². The SMILES string of the molecule is Cc1cc(F)ccc1S(=O)(=O)Nc1ccc(Nc2ccccc2)cc1. The van der Waals surface area contributed by atoms with Gasteiger partial charge in [-0.15, -0.1) is 0 Å². The third kappa shape index (κ3) is 4.16. The molecule has 2 N–H and O–H groups in total. The summed E-state index contributed by atoms with van der Waals surface area (Å²) in [7, 11) is -3.77. The van der Waals surface area contributed by atoms with Crippen molar-refractivity contribution in [3.8, 4) is 0 Å². The lowest BCUT2D eigenvalue weighted by Crippen LogP contribution is -2.14. The van der Waals surface area contributed by atoms with E-state index in [0.29, 0.717) is 11.3 Å². The van der Waals surface area contributed by atoms with Crippen LogP contribution < -0.4 is 10.0 Å². The van der Waals surface area contributed by atoms with Crippen molar-refractivity contribution in [2.24, 2.45) is 0 Å². The number of benzene rings is 3. The van der Waals surface area contributed by atoms with Crippen LogP contribution in [-0.4, -0.2) is 8.42 Å². The number of sulfonamides is 1. The second kappa shape index (κ2) is 6.94. The number of rotatable bonds is 5. The van der Waals surface area contributed by atoms with Crippen molar-refractivity contribution in [1.82, 2.24) is 0 Å². The average Bonchev–Trinajstić information content (AvgIpc) is 2.57. The first kappa shape index (κ1) is 17.0. The monoisotopic (exact) mass is 356 g/mol. The number of para-hydroxylation sites is 1. The molecule has 0 spiro atoms. The first-order chi connectivity index (χ1) is 11.9. The molecule has 128 valence electrons. The summed E-state index contributed by atoms with van der Waals surface area (Å²) in [5, 5.41) is 3.22. The van der Waals surface area contributed by atoms with Gasteiger partial charge in [-0.1, -0.05) is 18.2 Å². The van der Waals surface area contributed by atoms with Crippen LogP contribution in [0.2, 0.25) is 0 Å². The number of hydrogen-bond donors (Lipinski definition) is 2. The Balaban J connectivity index is 1.76. The molecule has 0 radical (unpaired) electrons. The summed E-state index contributed by atoms with van der Waals surface area (Å²) in [6.45, 7) is 1.56. The fourth-order valence-electron chi connectivity index (χ4n) is 2.43. The minimum Gasteiger partial charge on any atom is -0.356 e. The predicted molar refractivity (Wildman–Crippen MR) is 98.1 cm³/mol. The molecule has 3 rings (SSSR count). The van der Waals surface area contributed by atoms with Crippen LogP contribution in [0.15, 0.2) is 77.7 Å². The fourth-order valence-corrected chi connectivity index (χ4v) is 3.72. The molecule has 0 aromatic heterocycles. The molecular weight excluding hydrogens is 339 g/mol. The molecule has 4 nitrogen and oxygen atoms in total.